The number of benzene rings is 1. The number of pyridine rings is 1. The number of methoxy groups -OCH3 is 1. The lowest BCUT2D eigenvalue weighted by Gasteiger charge is -2.34. The van der Waals surface area contributed by atoms with Gasteiger partial charge in [0.2, 0.25) is 5.91 Å². The number of hydrogen-bond donors (Lipinski definition) is 2. The molecule has 29 heavy (non-hydrogen) atoms. The van der Waals surface area contributed by atoms with Crippen molar-refractivity contribution >= 4 is 28.6 Å². The largest absolute Gasteiger partial charge is 0.497 e. The van der Waals surface area contributed by atoms with Crippen molar-refractivity contribution < 1.29 is 19.4 Å². The third-order valence-electron chi connectivity index (χ3n) is 5.56. The minimum atomic E-state index is -1.06. The molecule has 0 spiro atoms. The van der Waals surface area contributed by atoms with Crippen LogP contribution in [-0.4, -0.2) is 67.3 Å². The zero-order chi connectivity index (χ0) is 20.8. The Morgan fingerprint density at radius 1 is 1.31 bits per heavy atom. The zero-order valence-corrected chi connectivity index (χ0v) is 16.9. The summed E-state index contributed by atoms with van der Waals surface area (Å²) in [4.78, 5) is 30.9. The van der Waals surface area contributed by atoms with Gasteiger partial charge in [0.1, 0.15) is 18.1 Å². The molecule has 1 fully saturated rings. The predicted molar refractivity (Wildman–Crippen MR) is 112 cm³/mol. The maximum absolute atomic E-state index is 11.5. The maximum Gasteiger partial charge on any atom is 0.407 e. The average Bonchev–Trinajstić information content (AvgIpc) is 2.75. The summed E-state index contributed by atoms with van der Waals surface area (Å²) < 4.78 is 5.36. The Balaban J connectivity index is 1.60. The number of piperidine rings is 1. The molecular weight excluding hydrogens is 372 g/mol. The monoisotopic (exact) mass is 400 g/mol. The van der Waals surface area contributed by atoms with Crippen molar-refractivity contribution in [2.45, 2.75) is 19.3 Å². The van der Waals surface area contributed by atoms with E-state index in [-0.39, 0.29) is 12.5 Å². The molecule has 0 atom stereocenters. The number of likely N-dealkylation sites (N-methyl/N-ethyl adjacent to an activating group) is 1. The van der Waals surface area contributed by atoms with E-state index < -0.39 is 6.09 Å². The number of carbonyl (C=O) groups excluding carboxylic acids is 1. The Bertz CT molecular complexity index is 865. The zero-order valence-electron chi connectivity index (χ0n) is 16.9. The topological polar surface area (TPSA) is 95.0 Å². The van der Waals surface area contributed by atoms with E-state index in [2.05, 4.69) is 15.2 Å². The Morgan fingerprint density at radius 2 is 2.07 bits per heavy atom. The van der Waals surface area contributed by atoms with Crippen LogP contribution in [0, 0.1) is 5.92 Å². The summed E-state index contributed by atoms with van der Waals surface area (Å²) in [7, 11) is 3.17. The molecular formula is C21H28N4O4. The fourth-order valence-electron chi connectivity index (χ4n) is 3.78. The second-order valence-electron chi connectivity index (χ2n) is 7.32. The molecule has 8 nitrogen and oxygen atoms in total. The van der Waals surface area contributed by atoms with Gasteiger partial charge in [-0.2, -0.15) is 0 Å². The summed E-state index contributed by atoms with van der Waals surface area (Å²) >= 11 is 0. The lowest BCUT2D eigenvalue weighted by atomic mass is 9.93. The highest BCUT2D eigenvalue weighted by atomic mass is 16.5. The van der Waals surface area contributed by atoms with Gasteiger partial charge >= 0.3 is 6.09 Å². The summed E-state index contributed by atoms with van der Waals surface area (Å²) in [5.41, 5.74) is 0. The van der Waals surface area contributed by atoms with Crippen LogP contribution in [0.15, 0.2) is 30.5 Å². The molecule has 0 aliphatic carbocycles. The summed E-state index contributed by atoms with van der Waals surface area (Å²) in [5, 5.41) is 14.0. The third-order valence-corrected chi connectivity index (χ3v) is 5.56. The Morgan fingerprint density at radius 3 is 2.72 bits per heavy atom. The van der Waals surface area contributed by atoms with E-state index in [0.717, 1.165) is 54.7 Å². The van der Waals surface area contributed by atoms with Crippen LogP contribution in [0.1, 0.15) is 19.3 Å². The second-order valence-corrected chi connectivity index (χ2v) is 7.32. The standard InChI is InChI=1S/C21H28N4O4/c1-22-19(26)14-25(21(27)28)12-8-15-6-10-24(11-7-15)20-18-13-17(29-2)4-3-16(18)5-9-23-20/h3-5,9,13,15H,6-8,10-12,14H2,1-2H3,(H,22,26)(H,27,28). The van der Waals surface area contributed by atoms with Gasteiger partial charge in [0.15, 0.2) is 0 Å². The molecule has 2 N–H and O–H groups in total. The minimum Gasteiger partial charge on any atom is -0.497 e. The van der Waals surface area contributed by atoms with Crippen molar-refractivity contribution in [3.63, 3.8) is 0 Å². The number of carboxylic acid groups (broad SMARTS) is 1. The van der Waals surface area contributed by atoms with Crippen molar-refractivity contribution in [3.8, 4) is 5.75 Å². The first-order chi connectivity index (χ1) is 14.0. The molecule has 0 bridgehead atoms. The van der Waals surface area contributed by atoms with Crippen LogP contribution in [0.3, 0.4) is 0 Å². The van der Waals surface area contributed by atoms with Crippen LogP contribution < -0.4 is 15.0 Å². The highest BCUT2D eigenvalue weighted by molar-refractivity contribution is 5.93. The van der Waals surface area contributed by atoms with Gasteiger partial charge in [-0.15, -0.1) is 0 Å². The Kier molecular flexibility index (Phi) is 6.74. The molecule has 1 aromatic carbocycles. The first-order valence-corrected chi connectivity index (χ1v) is 9.88. The predicted octanol–water partition coefficient (Wildman–Crippen LogP) is 2.58. The van der Waals surface area contributed by atoms with Crippen LogP contribution in [0.5, 0.6) is 5.75 Å². The lowest BCUT2D eigenvalue weighted by Crippen LogP contribution is -2.41. The number of amides is 2. The van der Waals surface area contributed by atoms with Crippen LogP contribution in [0.4, 0.5) is 10.6 Å². The number of anilines is 1. The van der Waals surface area contributed by atoms with Gasteiger partial charge in [-0.3, -0.25) is 9.69 Å². The third kappa shape index (κ3) is 5.07. The van der Waals surface area contributed by atoms with Gasteiger partial charge in [-0.1, -0.05) is 6.07 Å². The van der Waals surface area contributed by atoms with E-state index in [1.165, 1.54) is 11.9 Å². The number of fused-ring (bicyclic) bond motifs is 1. The van der Waals surface area contributed by atoms with Gasteiger partial charge in [-0.25, -0.2) is 9.78 Å². The van der Waals surface area contributed by atoms with Gasteiger partial charge in [-0.05, 0) is 48.8 Å². The van der Waals surface area contributed by atoms with E-state index in [4.69, 9.17) is 4.74 Å². The van der Waals surface area contributed by atoms with Crippen LogP contribution in [0.2, 0.25) is 0 Å². The summed E-state index contributed by atoms with van der Waals surface area (Å²) in [5.74, 6) is 1.92. The number of aromatic nitrogens is 1. The van der Waals surface area contributed by atoms with Crippen molar-refractivity contribution in [3.05, 3.63) is 30.5 Å². The van der Waals surface area contributed by atoms with Crippen molar-refractivity contribution in [2.75, 3.05) is 45.2 Å². The molecule has 2 aromatic rings. The molecule has 3 rings (SSSR count). The van der Waals surface area contributed by atoms with Gasteiger partial charge in [0.25, 0.3) is 0 Å². The molecule has 2 amide bonds. The van der Waals surface area contributed by atoms with Crippen molar-refractivity contribution in [1.29, 1.82) is 0 Å². The van der Waals surface area contributed by atoms with Crippen molar-refractivity contribution in [1.82, 2.24) is 15.2 Å². The molecule has 0 saturated carbocycles. The molecule has 1 aromatic heterocycles. The highest BCUT2D eigenvalue weighted by Crippen LogP contribution is 2.31. The summed E-state index contributed by atoms with van der Waals surface area (Å²) in [6.45, 7) is 2.00. The van der Waals surface area contributed by atoms with E-state index >= 15 is 0 Å². The molecule has 2 heterocycles. The van der Waals surface area contributed by atoms with E-state index in [1.807, 2.05) is 30.5 Å². The molecule has 1 saturated heterocycles. The fourth-order valence-corrected chi connectivity index (χ4v) is 3.78. The summed E-state index contributed by atoms with van der Waals surface area (Å²) in [6.07, 6.45) is 3.47. The van der Waals surface area contributed by atoms with Crippen LogP contribution in [-0.2, 0) is 4.79 Å². The molecule has 156 valence electrons. The number of nitrogens with one attached hydrogen (secondary N) is 1. The molecule has 0 unspecified atom stereocenters. The normalized spacial score (nSPS) is 14.6. The second kappa shape index (κ2) is 9.45. The van der Waals surface area contributed by atoms with E-state index in [9.17, 15) is 14.7 Å². The number of hydrogen-bond acceptors (Lipinski definition) is 5. The van der Waals surface area contributed by atoms with E-state index in [1.54, 1.807) is 7.11 Å². The number of nitrogens with zero attached hydrogens (tertiary/aromatic N) is 3. The van der Waals surface area contributed by atoms with Crippen LogP contribution in [0.25, 0.3) is 10.8 Å². The SMILES string of the molecule is CNC(=O)CN(CCC1CCN(c2nccc3ccc(OC)cc23)CC1)C(=O)O. The first-order valence-electron chi connectivity index (χ1n) is 9.88. The van der Waals surface area contributed by atoms with Gasteiger partial charge in [0.05, 0.1) is 7.11 Å². The lowest BCUT2D eigenvalue weighted by molar-refractivity contribution is -0.121. The van der Waals surface area contributed by atoms with E-state index in [0.29, 0.717) is 12.5 Å². The molecule has 1 aliphatic rings. The average molecular weight is 400 g/mol. The molecule has 1 aliphatic heterocycles. The number of rotatable bonds is 7. The van der Waals surface area contributed by atoms with Gasteiger partial charge < -0.3 is 20.1 Å². The Hall–Kier alpha value is -3.03. The Labute approximate surface area is 170 Å². The maximum atomic E-state index is 11.5. The van der Waals surface area contributed by atoms with Crippen LogP contribution >= 0.6 is 0 Å². The minimum absolute atomic E-state index is 0.119. The smallest absolute Gasteiger partial charge is 0.407 e. The molecule has 8 heteroatoms. The highest BCUT2D eigenvalue weighted by Gasteiger charge is 2.23. The number of carbonyl (C=O) groups is 2. The first kappa shape index (κ1) is 20.7. The summed E-state index contributed by atoms with van der Waals surface area (Å²) in [6, 6.07) is 8.01. The quantitative estimate of drug-likeness (QED) is 0.742. The number of ether oxygens (including phenoxy) is 1. The molecule has 0 radical (unpaired) electrons. The van der Waals surface area contributed by atoms with Gasteiger partial charge in [0, 0.05) is 38.3 Å². The fraction of sp³-hybridized carbons (Fsp3) is 0.476. The van der Waals surface area contributed by atoms with Crippen molar-refractivity contribution in [2.24, 2.45) is 5.92 Å².